The Morgan fingerprint density at radius 1 is 1.19 bits per heavy atom. The van der Waals surface area contributed by atoms with E-state index < -0.39 is 18.4 Å². The molecular formula is C19H23N3O4. The molecule has 138 valence electrons. The summed E-state index contributed by atoms with van der Waals surface area (Å²) >= 11 is 0. The van der Waals surface area contributed by atoms with E-state index in [1.807, 2.05) is 18.4 Å². The van der Waals surface area contributed by atoms with Crippen LogP contribution in [0.3, 0.4) is 0 Å². The molecule has 0 saturated carbocycles. The summed E-state index contributed by atoms with van der Waals surface area (Å²) in [5.41, 5.74) is 3.39. The standard InChI is InChI=1S/C19H23N3O4/c1-7-8-22-11(2)9-15(13(22)4)16(23)10-26-19(25)18(24)17-12(3)20-21(6)14(17)5/h7,9H,1,8,10H2,2-6H3. The Morgan fingerprint density at radius 2 is 1.85 bits per heavy atom. The predicted octanol–water partition coefficient (Wildman–Crippen LogP) is 2.25. The molecule has 0 N–H and O–H groups in total. The van der Waals surface area contributed by atoms with Crippen molar-refractivity contribution in [1.29, 1.82) is 0 Å². The quantitative estimate of drug-likeness (QED) is 0.328. The number of aryl methyl sites for hydroxylation is 3. The summed E-state index contributed by atoms with van der Waals surface area (Å²) in [5.74, 6) is -2.20. The van der Waals surface area contributed by atoms with Gasteiger partial charge in [-0.05, 0) is 33.8 Å². The smallest absolute Gasteiger partial charge is 0.380 e. The summed E-state index contributed by atoms with van der Waals surface area (Å²) in [6, 6.07) is 1.74. The van der Waals surface area contributed by atoms with Crippen molar-refractivity contribution in [1.82, 2.24) is 14.3 Å². The summed E-state index contributed by atoms with van der Waals surface area (Å²) in [4.78, 5) is 36.8. The van der Waals surface area contributed by atoms with Crippen molar-refractivity contribution in [3.8, 4) is 0 Å². The summed E-state index contributed by atoms with van der Waals surface area (Å²) in [6.45, 7) is 10.8. The lowest BCUT2D eigenvalue weighted by atomic mass is 10.1. The molecule has 0 fully saturated rings. The van der Waals surface area contributed by atoms with Crippen LogP contribution >= 0.6 is 0 Å². The fourth-order valence-electron chi connectivity index (χ4n) is 2.97. The van der Waals surface area contributed by atoms with E-state index in [1.165, 1.54) is 4.68 Å². The fourth-order valence-corrected chi connectivity index (χ4v) is 2.97. The van der Waals surface area contributed by atoms with Gasteiger partial charge in [0.1, 0.15) is 0 Å². The van der Waals surface area contributed by atoms with Gasteiger partial charge in [-0.3, -0.25) is 14.3 Å². The normalized spacial score (nSPS) is 10.7. The lowest BCUT2D eigenvalue weighted by Crippen LogP contribution is -2.22. The predicted molar refractivity (Wildman–Crippen MR) is 96.4 cm³/mol. The second-order valence-electron chi connectivity index (χ2n) is 6.18. The van der Waals surface area contributed by atoms with Gasteiger partial charge < -0.3 is 9.30 Å². The molecule has 0 atom stereocenters. The highest BCUT2D eigenvalue weighted by molar-refractivity contribution is 6.41. The maximum Gasteiger partial charge on any atom is 0.380 e. The Kier molecular flexibility index (Phi) is 5.59. The zero-order chi connectivity index (χ0) is 19.6. The molecule has 0 aromatic carbocycles. The first-order chi connectivity index (χ1) is 12.2. The van der Waals surface area contributed by atoms with Crippen LogP contribution in [0.5, 0.6) is 0 Å². The monoisotopic (exact) mass is 357 g/mol. The van der Waals surface area contributed by atoms with Crippen LogP contribution in [0.25, 0.3) is 0 Å². The Balaban J connectivity index is 2.10. The SMILES string of the molecule is C=CCn1c(C)cc(C(=O)COC(=O)C(=O)c2c(C)nn(C)c2C)c1C. The minimum Gasteiger partial charge on any atom is -0.451 e. The number of nitrogens with zero attached hydrogens (tertiary/aromatic N) is 3. The Morgan fingerprint density at radius 3 is 2.38 bits per heavy atom. The molecular weight excluding hydrogens is 334 g/mol. The minimum absolute atomic E-state index is 0.217. The molecule has 7 heteroatoms. The van der Waals surface area contributed by atoms with Gasteiger partial charge in [0.25, 0.3) is 5.78 Å². The van der Waals surface area contributed by atoms with Crippen molar-refractivity contribution in [2.24, 2.45) is 7.05 Å². The average Bonchev–Trinajstić information content (AvgIpc) is 3.01. The van der Waals surface area contributed by atoms with E-state index in [-0.39, 0.29) is 11.3 Å². The third kappa shape index (κ3) is 3.51. The highest BCUT2D eigenvalue weighted by Gasteiger charge is 2.26. The second-order valence-corrected chi connectivity index (χ2v) is 6.18. The average molecular weight is 357 g/mol. The van der Waals surface area contributed by atoms with Gasteiger partial charge >= 0.3 is 5.97 Å². The summed E-state index contributed by atoms with van der Waals surface area (Å²) in [7, 11) is 1.69. The molecule has 2 aromatic heterocycles. The van der Waals surface area contributed by atoms with Crippen molar-refractivity contribution < 1.29 is 19.1 Å². The summed E-state index contributed by atoms with van der Waals surface area (Å²) in [6.07, 6.45) is 1.74. The van der Waals surface area contributed by atoms with E-state index >= 15 is 0 Å². The number of carbonyl (C=O) groups is 3. The molecule has 0 aliphatic rings. The lowest BCUT2D eigenvalue weighted by Gasteiger charge is -2.07. The molecule has 0 aliphatic heterocycles. The van der Waals surface area contributed by atoms with Crippen LogP contribution in [0.1, 0.15) is 43.5 Å². The lowest BCUT2D eigenvalue weighted by molar-refractivity contribution is -0.137. The Bertz CT molecular complexity index is 903. The minimum atomic E-state index is -1.06. The Hall–Kier alpha value is -2.96. The van der Waals surface area contributed by atoms with Gasteiger partial charge in [-0.2, -0.15) is 5.10 Å². The molecule has 7 nitrogen and oxygen atoms in total. The number of aromatic nitrogens is 3. The van der Waals surface area contributed by atoms with E-state index in [1.54, 1.807) is 33.0 Å². The van der Waals surface area contributed by atoms with E-state index in [2.05, 4.69) is 11.7 Å². The number of ketones is 2. The number of esters is 1. The van der Waals surface area contributed by atoms with Crippen molar-refractivity contribution in [2.45, 2.75) is 34.2 Å². The number of allylic oxidation sites excluding steroid dienone is 1. The van der Waals surface area contributed by atoms with Crippen molar-refractivity contribution in [2.75, 3.05) is 6.61 Å². The van der Waals surface area contributed by atoms with Gasteiger partial charge in [-0.15, -0.1) is 6.58 Å². The fraction of sp³-hybridized carbons (Fsp3) is 0.368. The second kappa shape index (κ2) is 7.51. The molecule has 0 aliphatic carbocycles. The van der Waals surface area contributed by atoms with E-state index in [4.69, 9.17) is 4.74 Å². The molecule has 0 amide bonds. The van der Waals surface area contributed by atoms with Crippen LogP contribution in [0.4, 0.5) is 0 Å². The van der Waals surface area contributed by atoms with Crippen LogP contribution in [0.2, 0.25) is 0 Å². The van der Waals surface area contributed by atoms with Gasteiger partial charge in [0.05, 0.1) is 11.3 Å². The molecule has 26 heavy (non-hydrogen) atoms. The number of Topliss-reactive ketones (excluding diaryl/α,β-unsaturated/α-hetero) is 2. The first-order valence-corrected chi connectivity index (χ1v) is 8.21. The Labute approximate surface area is 152 Å². The summed E-state index contributed by atoms with van der Waals surface area (Å²) < 4.78 is 8.42. The molecule has 0 bridgehead atoms. The highest BCUT2D eigenvalue weighted by atomic mass is 16.5. The van der Waals surface area contributed by atoms with E-state index in [9.17, 15) is 14.4 Å². The highest BCUT2D eigenvalue weighted by Crippen LogP contribution is 2.17. The van der Waals surface area contributed by atoms with Crippen LogP contribution in [-0.2, 0) is 23.1 Å². The van der Waals surface area contributed by atoms with Crippen molar-refractivity contribution in [3.63, 3.8) is 0 Å². The first-order valence-electron chi connectivity index (χ1n) is 8.21. The van der Waals surface area contributed by atoms with Crippen LogP contribution in [-0.4, -0.2) is 38.5 Å². The van der Waals surface area contributed by atoms with Crippen LogP contribution in [0, 0.1) is 27.7 Å². The zero-order valence-electron chi connectivity index (χ0n) is 15.8. The van der Waals surface area contributed by atoms with Gasteiger partial charge in [0.15, 0.2) is 6.61 Å². The van der Waals surface area contributed by atoms with Crippen LogP contribution in [0.15, 0.2) is 18.7 Å². The molecule has 2 aromatic rings. The van der Waals surface area contributed by atoms with Gasteiger partial charge in [0.2, 0.25) is 5.78 Å². The van der Waals surface area contributed by atoms with Gasteiger partial charge in [-0.1, -0.05) is 6.08 Å². The summed E-state index contributed by atoms with van der Waals surface area (Å²) in [5, 5.41) is 4.11. The number of ether oxygens (including phenoxy) is 1. The molecule has 0 spiro atoms. The third-order valence-electron chi connectivity index (χ3n) is 4.44. The van der Waals surface area contributed by atoms with Gasteiger partial charge in [-0.25, -0.2) is 4.79 Å². The largest absolute Gasteiger partial charge is 0.451 e. The number of carbonyl (C=O) groups excluding carboxylic acids is 3. The van der Waals surface area contributed by atoms with Gasteiger partial charge in [0, 0.05) is 36.2 Å². The van der Waals surface area contributed by atoms with E-state index in [0.29, 0.717) is 23.5 Å². The molecule has 2 heterocycles. The maximum atomic E-state index is 12.4. The molecule has 0 saturated heterocycles. The topological polar surface area (TPSA) is 83.2 Å². The zero-order valence-corrected chi connectivity index (χ0v) is 15.8. The molecule has 0 radical (unpaired) electrons. The van der Waals surface area contributed by atoms with Crippen molar-refractivity contribution >= 4 is 17.5 Å². The van der Waals surface area contributed by atoms with Crippen LogP contribution < -0.4 is 0 Å². The number of rotatable bonds is 7. The maximum absolute atomic E-state index is 12.4. The third-order valence-corrected chi connectivity index (χ3v) is 4.44. The molecule has 0 unspecified atom stereocenters. The number of hydrogen-bond donors (Lipinski definition) is 0. The van der Waals surface area contributed by atoms with E-state index in [0.717, 1.165) is 11.4 Å². The van der Waals surface area contributed by atoms with Crippen molar-refractivity contribution in [3.05, 3.63) is 52.6 Å². The first kappa shape index (κ1) is 19.4. The molecule has 2 rings (SSSR count). The number of hydrogen-bond acceptors (Lipinski definition) is 5.